The zero-order valence-electron chi connectivity index (χ0n) is 8.75. The Labute approximate surface area is 85.1 Å². The van der Waals surface area contributed by atoms with Gasteiger partial charge in [0, 0.05) is 24.4 Å². The van der Waals surface area contributed by atoms with E-state index in [1.165, 1.54) is 17.5 Å². The van der Waals surface area contributed by atoms with Crippen molar-refractivity contribution in [1.82, 2.24) is 10.3 Å². The van der Waals surface area contributed by atoms with Gasteiger partial charge in [0.1, 0.15) is 0 Å². The molecule has 0 saturated carbocycles. The van der Waals surface area contributed by atoms with Crippen LogP contribution in [0, 0.1) is 13.8 Å². The first-order valence-electron chi connectivity index (χ1n) is 5.11. The predicted octanol–water partition coefficient (Wildman–Crippen LogP) is 2.29. The molecular weight excluding hydrogens is 172 g/mol. The Morgan fingerprint density at radius 2 is 2.29 bits per heavy atom. The number of nitrogens with zero attached hydrogens (tertiary/aromatic N) is 1. The van der Waals surface area contributed by atoms with Gasteiger partial charge in [0.15, 0.2) is 0 Å². The van der Waals surface area contributed by atoms with Gasteiger partial charge < -0.3 is 5.32 Å². The fourth-order valence-electron chi connectivity index (χ4n) is 1.92. The van der Waals surface area contributed by atoms with Gasteiger partial charge in [-0.3, -0.25) is 4.98 Å². The maximum absolute atomic E-state index is 4.29. The molecule has 1 aromatic rings. The SMILES string of the molecule is Cc1nccc(C2C=CNCC2)c1C. The predicted molar refractivity (Wildman–Crippen MR) is 58.2 cm³/mol. The summed E-state index contributed by atoms with van der Waals surface area (Å²) >= 11 is 0. The summed E-state index contributed by atoms with van der Waals surface area (Å²) in [7, 11) is 0. The molecule has 0 radical (unpaired) electrons. The molecule has 2 heterocycles. The van der Waals surface area contributed by atoms with Crippen LogP contribution in [0.2, 0.25) is 0 Å². The third-order valence-electron chi connectivity index (χ3n) is 2.94. The highest BCUT2D eigenvalue weighted by molar-refractivity contribution is 5.34. The molecule has 0 fully saturated rings. The van der Waals surface area contributed by atoms with Gasteiger partial charge >= 0.3 is 0 Å². The Bertz CT molecular complexity index is 355. The van der Waals surface area contributed by atoms with Crippen LogP contribution in [0.25, 0.3) is 0 Å². The van der Waals surface area contributed by atoms with Crippen molar-refractivity contribution in [3.63, 3.8) is 0 Å². The highest BCUT2D eigenvalue weighted by Crippen LogP contribution is 2.26. The van der Waals surface area contributed by atoms with E-state index in [1.54, 1.807) is 0 Å². The second-order valence-corrected chi connectivity index (χ2v) is 3.82. The van der Waals surface area contributed by atoms with Crippen LogP contribution in [0.3, 0.4) is 0 Å². The molecule has 2 rings (SSSR count). The van der Waals surface area contributed by atoms with Crippen molar-refractivity contribution in [2.45, 2.75) is 26.2 Å². The van der Waals surface area contributed by atoms with Gasteiger partial charge in [-0.05, 0) is 43.7 Å². The molecule has 0 bridgehead atoms. The van der Waals surface area contributed by atoms with Gasteiger partial charge in [0.2, 0.25) is 0 Å². The van der Waals surface area contributed by atoms with Crippen LogP contribution < -0.4 is 5.32 Å². The van der Waals surface area contributed by atoms with Crippen LogP contribution in [0.4, 0.5) is 0 Å². The van der Waals surface area contributed by atoms with Gasteiger partial charge in [-0.1, -0.05) is 6.08 Å². The Hall–Kier alpha value is -1.31. The summed E-state index contributed by atoms with van der Waals surface area (Å²) in [5.74, 6) is 0.568. The second-order valence-electron chi connectivity index (χ2n) is 3.82. The number of rotatable bonds is 1. The molecule has 0 aliphatic carbocycles. The molecule has 0 spiro atoms. The standard InChI is InChI=1S/C12H16N2/c1-9-10(2)14-8-5-12(9)11-3-6-13-7-4-11/h3,5-6,8,11,13H,4,7H2,1-2H3. The average Bonchev–Trinajstić information content (AvgIpc) is 2.23. The van der Waals surface area contributed by atoms with Gasteiger partial charge in [-0.15, -0.1) is 0 Å². The van der Waals surface area contributed by atoms with Crippen molar-refractivity contribution in [3.05, 3.63) is 41.4 Å². The fraction of sp³-hybridized carbons (Fsp3) is 0.417. The minimum atomic E-state index is 0.568. The largest absolute Gasteiger partial charge is 0.391 e. The molecule has 1 unspecified atom stereocenters. The molecule has 14 heavy (non-hydrogen) atoms. The highest BCUT2D eigenvalue weighted by atomic mass is 14.8. The maximum Gasteiger partial charge on any atom is 0.0404 e. The van der Waals surface area contributed by atoms with E-state index in [4.69, 9.17) is 0 Å². The van der Waals surface area contributed by atoms with E-state index in [0.717, 1.165) is 12.2 Å². The number of nitrogens with one attached hydrogen (secondary N) is 1. The van der Waals surface area contributed by atoms with Crippen molar-refractivity contribution >= 4 is 0 Å². The third kappa shape index (κ3) is 1.65. The molecule has 1 atom stereocenters. The Morgan fingerprint density at radius 3 is 3.00 bits per heavy atom. The van der Waals surface area contributed by atoms with E-state index in [9.17, 15) is 0 Å². The lowest BCUT2D eigenvalue weighted by Crippen LogP contribution is -2.16. The summed E-state index contributed by atoms with van der Waals surface area (Å²) < 4.78 is 0. The average molecular weight is 188 g/mol. The highest BCUT2D eigenvalue weighted by Gasteiger charge is 2.13. The molecular formula is C12H16N2. The van der Waals surface area contributed by atoms with Gasteiger partial charge in [-0.2, -0.15) is 0 Å². The van der Waals surface area contributed by atoms with E-state index in [1.807, 2.05) is 6.20 Å². The Morgan fingerprint density at radius 1 is 1.43 bits per heavy atom. The summed E-state index contributed by atoms with van der Waals surface area (Å²) in [6.45, 7) is 5.30. The van der Waals surface area contributed by atoms with E-state index in [2.05, 4.69) is 42.5 Å². The molecule has 1 aromatic heterocycles. The number of hydrogen-bond acceptors (Lipinski definition) is 2. The Balaban J connectivity index is 2.35. The molecule has 2 nitrogen and oxygen atoms in total. The first-order chi connectivity index (χ1) is 6.79. The van der Waals surface area contributed by atoms with Gasteiger partial charge in [-0.25, -0.2) is 0 Å². The molecule has 1 aliphatic heterocycles. The van der Waals surface area contributed by atoms with Crippen LogP contribution in [-0.4, -0.2) is 11.5 Å². The number of aromatic nitrogens is 1. The topological polar surface area (TPSA) is 24.9 Å². The molecule has 0 amide bonds. The van der Waals surface area contributed by atoms with Crippen LogP contribution in [0.1, 0.15) is 29.2 Å². The molecule has 1 N–H and O–H groups in total. The summed E-state index contributed by atoms with van der Waals surface area (Å²) in [5.41, 5.74) is 3.91. The summed E-state index contributed by atoms with van der Waals surface area (Å²) in [6, 6.07) is 2.14. The number of pyridine rings is 1. The molecule has 0 aromatic carbocycles. The normalized spacial score (nSPS) is 20.6. The summed E-state index contributed by atoms with van der Waals surface area (Å²) in [6.07, 6.45) is 7.39. The van der Waals surface area contributed by atoms with Crippen molar-refractivity contribution in [1.29, 1.82) is 0 Å². The van der Waals surface area contributed by atoms with Crippen LogP contribution in [0.5, 0.6) is 0 Å². The fourth-order valence-corrected chi connectivity index (χ4v) is 1.92. The lowest BCUT2D eigenvalue weighted by Gasteiger charge is -2.20. The first-order valence-corrected chi connectivity index (χ1v) is 5.11. The van der Waals surface area contributed by atoms with E-state index in [0.29, 0.717) is 5.92 Å². The zero-order valence-corrected chi connectivity index (χ0v) is 8.75. The lowest BCUT2D eigenvalue weighted by atomic mass is 9.91. The molecule has 0 saturated heterocycles. The first kappa shape index (κ1) is 9.25. The summed E-state index contributed by atoms with van der Waals surface area (Å²) in [5, 5.41) is 3.22. The minimum Gasteiger partial charge on any atom is -0.391 e. The quantitative estimate of drug-likeness (QED) is 0.731. The number of allylic oxidation sites excluding steroid dienone is 1. The number of aryl methyl sites for hydroxylation is 1. The number of hydrogen-bond donors (Lipinski definition) is 1. The summed E-state index contributed by atoms with van der Waals surface area (Å²) in [4.78, 5) is 4.29. The van der Waals surface area contributed by atoms with Gasteiger partial charge in [0.05, 0.1) is 0 Å². The van der Waals surface area contributed by atoms with Crippen LogP contribution >= 0.6 is 0 Å². The van der Waals surface area contributed by atoms with E-state index >= 15 is 0 Å². The smallest absolute Gasteiger partial charge is 0.0404 e. The monoisotopic (exact) mass is 188 g/mol. The van der Waals surface area contributed by atoms with Crippen molar-refractivity contribution in [3.8, 4) is 0 Å². The second kappa shape index (κ2) is 3.82. The van der Waals surface area contributed by atoms with Gasteiger partial charge in [0.25, 0.3) is 0 Å². The van der Waals surface area contributed by atoms with Crippen LogP contribution in [0.15, 0.2) is 24.5 Å². The molecule has 74 valence electrons. The molecule has 2 heteroatoms. The minimum absolute atomic E-state index is 0.568. The van der Waals surface area contributed by atoms with E-state index < -0.39 is 0 Å². The zero-order chi connectivity index (χ0) is 9.97. The van der Waals surface area contributed by atoms with Crippen molar-refractivity contribution < 1.29 is 0 Å². The van der Waals surface area contributed by atoms with Crippen LogP contribution in [-0.2, 0) is 0 Å². The van der Waals surface area contributed by atoms with Crippen molar-refractivity contribution in [2.75, 3.05) is 6.54 Å². The van der Waals surface area contributed by atoms with E-state index in [-0.39, 0.29) is 0 Å². The van der Waals surface area contributed by atoms with Crippen molar-refractivity contribution in [2.24, 2.45) is 0 Å². The molecule has 1 aliphatic rings. The third-order valence-corrected chi connectivity index (χ3v) is 2.94. The lowest BCUT2D eigenvalue weighted by molar-refractivity contribution is 0.653. The maximum atomic E-state index is 4.29. The Kier molecular flexibility index (Phi) is 2.53.